The molecule has 2 N–H and O–H groups in total. The first-order chi connectivity index (χ1) is 10.5. The highest BCUT2D eigenvalue weighted by molar-refractivity contribution is 6.33. The largest absolute Gasteiger partial charge is 0.392 e. The minimum Gasteiger partial charge on any atom is -0.392 e. The van der Waals surface area contributed by atoms with Gasteiger partial charge in [0.05, 0.1) is 23.0 Å². The van der Waals surface area contributed by atoms with Crippen LogP contribution < -0.4 is 0 Å². The molecule has 0 amide bonds. The molecule has 1 aromatic heterocycles. The van der Waals surface area contributed by atoms with Gasteiger partial charge in [-0.2, -0.15) is 0 Å². The number of hydrogen-bond donors (Lipinski definition) is 2. The Kier molecular flexibility index (Phi) is 4.34. The van der Waals surface area contributed by atoms with Crippen LogP contribution in [0.25, 0.3) is 11.3 Å². The molecule has 0 radical (unpaired) electrons. The second-order valence-corrected chi connectivity index (χ2v) is 6.15. The Balaban J connectivity index is 1.96. The summed E-state index contributed by atoms with van der Waals surface area (Å²) >= 11 is 12.0. The van der Waals surface area contributed by atoms with Crippen molar-refractivity contribution in [1.82, 2.24) is 14.9 Å². The van der Waals surface area contributed by atoms with Crippen LogP contribution in [0.2, 0.25) is 10.3 Å². The molecule has 2 aromatic rings. The fourth-order valence-electron chi connectivity index (χ4n) is 2.68. The number of aromatic nitrogens is 2. The van der Waals surface area contributed by atoms with Crippen molar-refractivity contribution in [1.29, 1.82) is 0 Å². The van der Waals surface area contributed by atoms with Crippen molar-refractivity contribution in [3.8, 4) is 11.3 Å². The SMILES string of the molecule is CC(O)CN1Cc2ccc(-c3nc(Cl)ncc3Cl)cc2C1O. The third kappa shape index (κ3) is 2.95. The van der Waals surface area contributed by atoms with Gasteiger partial charge >= 0.3 is 0 Å². The van der Waals surface area contributed by atoms with Crippen LogP contribution in [0, 0.1) is 0 Å². The summed E-state index contributed by atoms with van der Waals surface area (Å²) < 4.78 is 0. The minimum absolute atomic E-state index is 0.121. The molecule has 7 heteroatoms. The van der Waals surface area contributed by atoms with E-state index in [-0.39, 0.29) is 5.28 Å². The monoisotopic (exact) mass is 339 g/mol. The Hall–Kier alpha value is -1.24. The Morgan fingerprint density at radius 1 is 1.41 bits per heavy atom. The minimum atomic E-state index is -0.749. The van der Waals surface area contributed by atoms with Crippen molar-refractivity contribution >= 4 is 23.2 Å². The quantitative estimate of drug-likeness (QED) is 0.841. The molecule has 0 aliphatic carbocycles. The van der Waals surface area contributed by atoms with Crippen LogP contribution in [0.3, 0.4) is 0 Å². The van der Waals surface area contributed by atoms with Crippen LogP contribution in [0.15, 0.2) is 24.4 Å². The average molecular weight is 340 g/mol. The van der Waals surface area contributed by atoms with Gasteiger partial charge in [-0.25, -0.2) is 9.97 Å². The lowest BCUT2D eigenvalue weighted by molar-refractivity contribution is -0.0114. The number of halogens is 2. The van der Waals surface area contributed by atoms with E-state index in [1.165, 1.54) is 6.20 Å². The summed E-state index contributed by atoms with van der Waals surface area (Å²) in [6.45, 7) is 2.70. The van der Waals surface area contributed by atoms with E-state index in [0.717, 1.165) is 16.7 Å². The van der Waals surface area contributed by atoms with E-state index in [9.17, 15) is 10.2 Å². The van der Waals surface area contributed by atoms with Crippen LogP contribution >= 0.6 is 23.2 Å². The van der Waals surface area contributed by atoms with Crippen molar-refractivity contribution in [3.05, 3.63) is 45.8 Å². The number of β-amino-alcohol motifs (C(OH)–C–C–N with tert-alkyl or cyclic N) is 1. The molecule has 2 heterocycles. The summed E-state index contributed by atoms with van der Waals surface area (Å²) in [5.74, 6) is 0. The molecule has 0 fully saturated rings. The number of rotatable bonds is 3. The summed E-state index contributed by atoms with van der Waals surface area (Å²) in [4.78, 5) is 9.80. The zero-order valence-electron chi connectivity index (χ0n) is 11.9. The predicted octanol–water partition coefficient (Wildman–Crippen LogP) is 2.64. The second kappa shape index (κ2) is 6.10. The van der Waals surface area contributed by atoms with Gasteiger partial charge in [0.15, 0.2) is 0 Å². The molecule has 0 saturated heterocycles. The van der Waals surface area contributed by atoms with Crippen molar-refractivity contribution in [2.24, 2.45) is 0 Å². The van der Waals surface area contributed by atoms with Gasteiger partial charge in [0.25, 0.3) is 0 Å². The van der Waals surface area contributed by atoms with E-state index in [4.69, 9.17) is 23.2 Å². The highest BCUT2D eigenvalue weighted by Crippen LogP contribution is 2.36. The van der Waals surface area contributed by atoms with Gasteiger partial charge in [0, 0.05) is 24.2 Å². The van der Waals surface area contributed by atoms with Gasteiger partial charge in [-0.3, -0.25) is 4.90 Å². The van der Waals surface area contributed by atoms with Crippen LogP contribution in [0.5, 0.6) is 0 Å². The first-order valence-corrected chi connectivity index (χ1v) is 7.62. The molecule has 2 unspecified atom stereocenters. The van der Waals surface area contributed by atoms with E-state index >= 15 is 0 Å². The van der Waals surface area contributed by atoms with E-state index < -0.39 is 12.3 Å². The lowest BCUT2D eigenvalue weighted by Gasteiger charge is -2.21. The maximum atomic E-state index is 10.4. The molecule has 0 bridgehead atoms. The smallest absolute Gasteiger partial charge is 0.222 e. The van der Waals surface area contributed by atoms with Gasteiger partial charge in [-0.1, -0.05) is 23.7 Å². The van der Waals surface area contributed by atoms with Gasteiger partial charge in [0.1, 0.15) is 6.23 Å². The average Bonchev–Trinajstić information content (AvgIpc) is 2.77. The number of aliphatic hydroxyl groups is 2. The lowest BCUT2D eigenvalue weighted by atomic mass is 10.0. The summed E-state index contributed by atoms with van der Waals surface area (Å²) in [6.07, 6.45) is 0.203. The number of fused-ring (bicyclic) bond motifs is 1. The number of benzene rings is 1. The standard InChI is InChI=1S/C15H15Cl2N3O2/c1-8(21)6-20-7-10-3-2-9(4-11(10)14(20)22)13-12(16)5-18-15(17)19-13/h2-5,8,14,21-22H,6-7H2,1H3. The highest BCUT2D eigenvalue weighted by atomic mass is 35.5. The first-order valence-electron chi connectivity index (χ1n) is 6.87. The third-order valence-electron chi connectivity index (χ3n) is 3.63. The van der Waals surface area contributed by atoms with E-state index in [1.807, 2.05) is 23.1 Å². The third-order valence-corrected chi connectivity index (χ3v) is 4.09. The van der Waals surface area contributed by atoms with E-state index in [0.29, 0.717) is 23.8 Å². The number of nitrogens with zero attached hydrogens (tertiary/aromatic N) is 3. The second-order valence-electron chi connectivity index (χ2n) is 5.40. The molecular weight excluding hydrogens is 325 g/mol. The zero-order valence-corrected chi connectivity index (χ0v) is 13.4. The Labute approximate surface area is 138 Å². The van der Waals surface area contributed by atoms with Crippen LogP contribution in [0.4, 0.5) is 0 Å². The summed E-state index contributed by atoms with van der Waals surface area (Å²) in [5, 5.41) is 20.4. The molecule has 3 rings (SSSR count). The lowest BCUT2D eigenvalue weighted by Crippen LogP contribution is -2.29. The molecule has 1 aliphatic heterocycles. The molecule has 22 heavy (non-hydrogen) atoms. The van der Waals surface area contributed by atoms with Gasteiger partial charge in [-0.15, -0.1) is 0 Å². The van der Waals surface area contributed by atoms with E-state index in [1.54, 1.807) is 6.92 Å². The normalized spacial score (nSPS) is 19.2. The number of hydrogen-bond acceptors (Lipinski definition) is 5. The Morgan fingerprint density at radius 3 is 2.91 bits per heavy atom. The summed E-state index contributed by atoms with van der Waals surface area (Å²) in [5.41, 5.74) is 3.12. The maximum Gasteiger partial charge on any atom is 0.222 e. The van der Waals surface area contributed by atoms with Crippen LogP contribution in [-0.4, -0.2) is 37.7 Å². The topological polar surface area (TPSA) is 69.5 Å². The van der Waals surface area contributed by atoms with Crippen LogP contribution in [-0.2, 0) is 6.54 Å². The molecular formula is C15H15Cl2N3O2. The van der Waals surface area contributed by atoms with E-state index in [2.05, 4.69) is 9.97 Å². The van der Waals surface area contributed by atoms with Gasteiger partial charge in [-0.05, 0) is 30.2 Å². The van der Waals surface area contributed by atoms with Crippen molar-refractivity contribution in [2.75, 3.05) is 6.54 Å². The summed E-state index contributed by atoms with van der Waals surface area (Å²) in [7, 11) is 0. The molecule has 1 aromatic carbocycles. The molecule has 0 spiro atoms. The fourth-order valence-corrected chi connectivity index (χ4v) is 3.01. The summed E-state index contributed by atoms with van der Waals surface area (Å²) in [6, 6.07) is 5.68. The first kappa shape index (κ1) is 15.6. The number of aliphatic hydroxyl groups excluding tert-OH is 2. The molecule has 2 atom stereocenters. The highest BCUT2D eigenvalue weighted by Gasteiger charge is 2.29. The predicted molar refractivity (Wildman–Crippen MR) is 84.5 cm³/mol. The van der Waals surface area contributed by atoms with Gasteiger partial charge in [0.2, 0.25) is 5.28 Å². The zero-order chi connectivity index (χ0) is 15.9. The van der Waals surface area contributed by atoms with Crippen molar-refractivity contribution < 1.29 is 10.2 Å². The van der Waals surface area contributed by atoms with Crippen molar-refractivity contribution in [2.45, 2.75) is 25.8 Å². The van der Waals surface area contributed by atoms with Gasteiger partial charge < -0.3 is 10.2 Å². The Bertz CT molecular complexity index is 709. The fraction of sp³-hybridized carbons (Fsp3) is 0.333. The maximum absolute atomic E-state index is 10.4. The molecule has 116 valence electrons. The molecule has 5 nitrogen and oxygen atoms in total. The molecule has 0 saturated carbocycles. The molecule has 1 aliphatic rings. The van der Waals surface area contributed by atoms with Crippen molar-refractivity contribution in [3.63, 3.8) is 0 Å². The van der Waals surface area contributed by atoms with Crippen LogP contribution in [0.1, 0.15) is 24.3 Å². The Morgan fingerprint density at radius 2 is 2.18 bits per heavy atom.